The van der Waals surface area contributed by atoms with Crippen molar-refractivity contribution in [1.82, 2.24) is 10.3 Å². The van der Waals surface area contributed by atoms with Gasteiger partial charge in [-0.3, -0.25) is 9.59 Å². The Morgan fingerprint density at radius 1 is 1.12 bits per heavy atom. The van der Waals surface area contributed by atoms with Gasteiger partial charge in [-0.05, 0) is 67.6 Å². The summed E-state index contributed by atoms with van der Waals surface area (Å²) in [6.45, 7) is 7.61. The van der Waals surface area contributed by atoms with Gasteiger partial charge in [0.1, 0.15) is 5.82 Å². The highest BCUT2D eigenvalue weighted by molar-refractivity contribution is 6.00. The minimum atomic E-state index is -1.26. The summed E-state index contributed by atoms with van der Waals surface area (Å²) in [5, 5.41) is 16.1. The lowest BCUT2D eigenvalue weighted by Crippen LogP contribution is -2.30. The van der Waals surface area contributed by atoms with Crippen LogP contribution in [0.15, 0.2) is 54.7 Å². The second-order valence-corrected chi connectivity index (χ2v) is 8.26. The molecule has 7 heteroatoms. The summed E-state index contributed by atoms with van der Waals surface area (Å²) >= 11 is 0. The molecule has 0 aliphatic carbocycles. The number of aromatic nitrogens is 1. The molecule has 3 rings (SSSR count). The maximum Gasteiger partial charge on any atom is 0.257 e. The van der Waals surface area contributed by atoms with E-state index < -0.39 is 12.0 Å². The molecule has 0 fully saturated rings. The van der Waals surface area contributed by atoms with Crippen LogP contribution in [0, 0.1) is 6.92 Å². The lowest BCUT2D eigenvalue weighted by atomic mass is 9.97. The number of aliphatic hydroxyl groups is 1. The predicted molar refractivity (Wildman–Crippen MR) is 131 cm³/mol. The van der Waals surface area contributed by atoms with E-state index in [2.05, 4.69) is 15.6 Å². The average molecular weight is 447 g/mol. The van der Waals surface area contributed by atoms with Crippen molar-refractivity contribution in [2.24, 2.45) is 0 Å². The number of nitrogens with two attached hydrogens (primary N) is 1. The van der Waals surface area contributed by atoms with Crippen molar-refractivity contribution in [2.75, 3.05) is 11.1 Å². The number of pyridine rings is 1. The molecule has 0 aliphatic rings. The zero-order chi connectivity index (χ0) is 24.1. The first-order valence-electron chi connectivity index (χ1n) is 10.9. The van der Waals surface area contributed by atoms with Crippen molar-refractivity contribution < 1.29 is 14.7 Å². The number of nitrogens with one attached hydrogen (secondary N) is 2. The van der Waals surface area contributed by atoms with E-state index in [1.165, 1.54) is 0 Å². The van der Waals surface area contributed by atoms with Crippen LogP contribution in [0.1, 0.15) is 53.9 Å². The van der Waals surface area contributed by atoms with Crippen molar-refractivity contribution in [3.05, 3.63) is 77.0 Å². The second-order valence-electron chi connectivity index (χ2n) is 8.26. The average Bonchev–Trinajstić information content (AvgIpc) is 2.78. The Morgan fingerprint density at radius 2 is 1.85 bits per heavy atom. The van der Waals surface area contributed by atoms with Gasteiger partial charge < -0.3 is 21.5 Å². The number of aryl methyl sites for hydroxylation is 2. The molecule has 2 aromatic carbocycles. The van der Waals surface area contributed by atoms with Crippen molar-refractivity contribution in [3.63, 3.8) is 0 Å². The predicted octanol–water partition coefficient (Wildman–Crippen LogP) is 4.01. The molecule has 7 nitrogen and oxygen atoms in total. The third-order valence-corrected chi connectivity index (χ3v) is 5.38. The number of aliphatic hydroxyl groups excluding tert-OH is 1. The maximum atomic E-state index is 12.6. The lowest BCUT2D eigenvalue weighted by Gasteiger charge is -2.16. The van der Waals surface area contributed by atoms with Crippen LogP contribution in [-0.2, 0) is 11.2 Å². The molecular formula is C26H30N4O3. The molecular weight excluding hydrogens is 416 g/mol. The summed E-state index contributed by atoms with van der Waals surface area (Å²) in [7, 11) is 0. The Balaban J connectivity index is 1.87. The molecule has 3 aromatic rings. The van der Waals surface area contributed by atoms with Gasteiger partial charge in [0.25, 0.3) is 11.8 Å². The Hall–Kier alpha value is -3.71. The molecule has 0 saturated carbocycles. The van der Waals surface area contributed by atoms with Gasteiger partial charge >= 0.3 is 0 Å². The van der Waals surface area contributed by atoms with E-state index in [4.69, 9.17) is 5.73 Å². The van der Waals surface area contributed by atoms with E-state index >= 15 is 0 Å². The highest BCUT2D eigenvalue weighted by atomic mass is 16.3. The summed E-state index contributed by atoms with van der Waals surface area (Å²) < 4.78 is 0. The standard InChI is InChI=1S/C26H30N4O3/c1-5-17-12-19(30-26(33)23(31)20-9-7-6-8-16(20)4)10-11-21(17)18-13-22(24(27)28-14-18)25(32)29-15(2)3/h6-15,23,31H,5H2,1-4H3,(H2,27,28)(H,29,32)(H,30,33)/t23-/m1/s1. The van der Waals surface area contributed by atoms with Crippen LogP contribution in [0.25, 0.3) is 11.1 Å². The highest BCUT2D eigenvalue weighted by Crippen LogP contribution is 2.29. The van der Waals surface area contributed by atoms with Crippen molar-refractivity contribution in [3.8, 4) is 11.1 Å². The van der Waals surface area contributed by atoms with E-state index in [1.54, 1.807) is 30.5 Å². The molecule has 0 radical (unpaired) electrons. The van der Waals surface area contributed by atoms with Crippen LogP contribution >= 0.6 is 0 Å². The van der Waals surface area contributed by atoms with Crippen molar-refractivity contribution in [2.45, 2.75) is 46.3 Å². The second kappa shape index (κ2) is 10.3. The molecule has 33 heavy (non-hydrogen) atoms. The fraction of sp³-hybridized carbons (Fsp3) is 0.269. The van der Waals surface area contributed by atoms with Crippen LogP contribution in [-0.4, -0.2) is 27.9 Å². The normalized spacial score (nSPS) is 11.8. The van der Waals surface area contributed by atoms with E-state index in [-0.39, 0.29) is 17.8 Å². The number of anilines is 2. The van der Waals surface area contributed by atoms with Gasteiger partial charge in [-0.25, -0.2) is 4.98 Å². The van der Waals surface area contributed by atoms with Crippen LogP contribution in [0.3, 0.4) is 0 Å². The highest BCUT2D eigenvalue weighted by Gasteiger charge is 2.20. The Morgan fingerprint density at radius 3 is 2.52 bits per heavy atom. The quantitative estimate of drug-likeness (QED) is 0.437. The first kappa shape index (κ1) is 23.9. The molecule has 0 aliphatic heterocycles. The van der Waals surface area contributed by atoms with E-state index in [1.807, 2.05) is 52.0 Å². The molecule has 0 spiro atoms. The number of nitrogen functional groups attached to an aromatic ring is 1. The van der Waals surface area contributed by atoms with Crippen molar-refractivity contribution in [1.29, 1.82) is 0 Å². The smallest absolute Gasteiger partial charge is 0.257 e. The van der Waals surface area contributed by atoms with E-state index in [0.29, 0.717) is 23.2 Å². The minimum Gasteiger partial charge on any atom is -0.383 e. The molecule has 172 valence electrons. The molecule has 1 aromatic heterocycles. The molecule has 0 bridgehead atoms. The van der Waals surface area contributed by atoms with Gasteiger partial charge in [0.15, 0.2) is 6.10 Å². The van der Waals surface area contributed by atoms with E-state index in [9.17, 15) is 14.7 Å². The summed E-state index contributed by atoms with van der Waals surface area (Å²) in [5.74, 6) is -0.603. The largest absolute Gasteiger partial charge is 0.383 e. The first-order chi connectivity index (χ1) is 15.7. The lowest BCUT2D eigenvalue weighted by molar-refractivity contribution is -0.124. The van der Waals surface area contributed by atoms with Gasteiger partial charge in [0, 0.05) is 23.5 Å². The maximum absolute atomic E-state index is 12.6. The Labute approximate surface area is 194 Å². The molecule has 2 amide bonds. The number of benzene rings is 2. The molecule has 1 heterocycles. The number of hydrogen-bond donors (Lipinski definition) is 4. The third-order valence-electron chi connectivity index (χ3n) is 5.38. The van der Waals surface area contributed by atoms with E-state index in [0.717, 1.165) is 22.3 Å². The monoisotopic (exact) mass is 446 g/mol. The summed E-state index contributed by atoms with van der Waals surface area (Å²) in [5.41, 5.74) is 10.9. The zero-order valence-electron chi connectivity index (χ0n) is 19.3. The molecule has 0 unspecified atom stereocenters. The zero-order valence-corrected chi connectivity index (χ0v) is 19.3. The van der Waals surface area contributed by atoms with Gasteiger partial charge in [-0.15, -0.1) is 0 Å². The fourth-order valence-corrected chi connectivity index (χ4v) is 3.64. The van der Waals surface area contributed by atoms with Gasteiger partial charge in [0.2, 0.25) is 0 Å². The number of hydrogen-bond acceptors (Lipinski definition) is 5. The Bertz CT molecular complexity index is 1170. The molecule has 0 saturated heterocycles. The van der Waals surface area contributed by atoms with Gasteiger partial charge in [-0.1, -0.05) is 37.3 Å². The first-order valence-corrected chi connectivity index (χ1v) is 10.9. The number of amides is 2. The van der Waals surface area contributed by atoms with Crippen LogP contribution in [0.4, 0.5) is 11.5 Å². The SMILES string of the molecule is CCc1cc(NC(=O)[C@H](O)c2ccccc2C)ccc1-c1cnc(N)c(C(=O)NC(C)C)c1. The van der Waals surface area contributed by atoms with Crippen LogP contribution < -0.4 is 16.4 Å². The number of rotatable bonds is 7. The molecule has 1 atom stereocenters. The minimum absolute atomic E-state index is 0.0234. The van der Waals surface area contributed by atoms with Gasteiger partial charge in [0.05, 0.1) is 5.56 Å². The molecule has 5 N–H and O–H groups in total. The summed E-state index contributed by atoms with van der Waals surface area (Å²) in [4.78, 5) is 29.3. The fourth-order valence-electron chi connectivity index (χ4n) is 3.64. The van der Waals surface area contributed by atoms with Crippen LogP contribution in [0.2, 0.25) is 0 Å². The summed E-state index contributed by atoms with van der Waals surface area (Å²) in [6, 6.07) is 14.4. The van der Waals surface area contributed by atoms with Crippen molar-refractivity contribution >= 4 is 23.3 Å². The number of nitrogens with zero attached hydrogens (tertiary/aromatic N) is 1. The number of carbonyl (C=O) groups is 2. The Kier molecular flexibility index (Phi) is 7.45. The summed E-state index contributed by atoms with van der Waals surface area (Å²) in [6.07, 6.45) is 1.06. The van der Waals surface area contributed by atoms with Crippen LogP contribution in [0.5, 0.6) is 0 Å². The van der Waals surface area contributed by atoms with Gasteiger partial charge in [-0.2, -0.15) is 0 Å². The topological polar surface area (TPSA) is 117 Å². The number of carbonyl (C=O) groups excluding carboxylic acids is 2. The third kappa shape index (κ3) is 5.56.